The van der Waals surface area contributed by atoms with Crippen molar-refractivity contribution in [2.24, 2.45) is 0 Å². The summed E-state index contributed by atoms with van der Waals surface area (Å²) in [4.78, 5) is 12.8. The van der Waals surface area contributed by atoms with E-state index in [0.29, 0.717) is 11.5 Å². The molecular weight excluding hydrogens is 392 g/mol. The largest absolute Gasteiger partial charge is 0.489 e. The Morgan fingerprint density at radius 2 is 1.65 bits per heavy atom. The van der Waals surface area contributed by atoms with Gasteiger partial charge in [0.05, 0.1) is 5.56 Å². The molecule has 31 heavy (non-hydrogen) atoms. The van der Waals surface area contributed by atoms with Crippen molar-refractivity contribution in [3.8, 4) is 17.2 Å². The first kappa shape index (κ1) is 20.3. The summed E-state index contributed by atoms with van der Waals surface area (Å²) in [5.41, 5.74) is 3.12. The molecule has 3 aromatic carbocycles. The van der Waals surface area contributed by atoms with E-state index in [2.05, 4.69) is 10.2 Å². The lowest BCUT2D eigenvalue weighted by molar-refractivity contribution is 0.0277. The van der Waals surface area contributed by atoms with Crippen LogP contribution in [-0.4, -0.2) is 16.2 Å². The topological polar surface area (TPSA) is 74.5 Å². The summed E-state index contributed by atoms with van der Waals surface area (Å²) in [6, 6.07) is 24.4. The van der Waals surface area contributed by atoms with Crippen molar-refractivity contribution >= 4 is 5.97 Å². The fraction of sp³-hybridized carbons (Fsp3) is 0.160. The predicted molar refractivity (Wildman–Crippen MR) is 116 cm³/mol. The van der Waals surface area contributed by atoms with Crippen LogP contribution >= 0.6 is 0 Å². The molecule has 4 rings (SSSR count). The molecule has 1 aromatic heterocycles. The average molecular weight is 414 g/mol. The van der Waals surface area contributed by atoms with Crippen molar-refractivity contribution in [1.82, 2.24) is 10.2 Å². The second-order valence-electron chi connectivity index (χ2n) is 7.12. The summed E-state index contributed by atoms with van der Waals surface area (Å²) < 4.78 is 17.1. The van der Waals surface area contributed by atoms with E-state index in [1.165, 1.54) is 0 Å². The smallest absolute Gasteiger partial charge is 0.339 e. The van der Waals surface area contributed by atoms with E-state index in [0.717, 1.165) is 22.4 Å². The van der Waals surface area contributed by atoms with Crippen molar-refractivity contribution in [2.45, 2.75) is 26.6 Å². The summed E-state index contributed by atoms with van der Waals surface area (Å²) in [5.74, 6) is 0.875. The maximum atomic E-state index is 12.8. The average Bonchev–Trinajstić information content (AvgIpc) is 3.29. The maximum Gasteiger partial charge on any atom is 0.339 e. The van der Waals surface area contributed by atoms with Crippen molar-refractivity contribution in [3.63, 3.8) is 0 Å². The third kappa shape index (κ3) is 4.98. The van der Waals surface area contributed by atoms with Crippen LogP contribution in [0.15, 0.2) is 83.3 Å². The highest BCUT2D eigenvalue weighted by Crippen LogP contribution is 2.24. The molecule has 6 heteroatoms. The SMILES string of the molecule is Cc1ccc(-c2nnc([C@@H](C)OC(=O)c3ccccc3COc3ccccc3)o2)cc1. The molecule has 0 spiro atoms. The highest BCUT2D eigenvalue weighted by atomic mass is 16.6. The van der Waals surface area contributed by atoms with E-state index in [4.69, 9.17) is 13.9 Å². The van der Waals surface area contributed by atoms with Crippen molar-refractivity contribution in [3.05, 3.63) is 101 Å². The number of ether oxygens (including phenoxy) is 2. The molecule has 0 unspecified atom stereocenters. The highest BCUT2D eigenvalue weighted by Gasteiger charge is 2.21. The van der Waals surface area contributed by atoms with Crippen LogP contribution in [0.5, 0.6) is 5.75 Å². The molecule has 0 bridgehead atoms. The van der Waals surface area contributed by atoms with Gasteiger partial charge in [-0.15, -0.1) is 10.2 Å². The third-order valence-corrected chi connectivity index (χ3v) is 4.75. The van der Waals surface area contributed by atoms with Gasteiger partial charge in [0, 0.05) is 11.1 Å². The Morgan fingerprint density at radius 1 is 0.935 bits per heavy atom. The molecule has 0 radical (unpaired) electrons. The number of aromatic nitrogens is 2. The van der Waals surface area contributed by atoms with Crippen LogP contribution in [0, 0.1) is 6.92 Å². The van der Waals surface area contributed by atoms with E-state index < -0.39 is 12.1 Å². The van der Waals surface area contributed by atoms with E-state index >= 15 is 0 Å². The maximum absolute atomic E-state index is 12.8. The Morgan fingerprint density at radius 3 is 2.42 bits per heavy atom. The van der Waals surface area contributed by atoms with Gasteiger partial charge in [0.25, 0.3) is 5.89 Å². The van der Waals surface area contributed by atoms with E-state index in [-0.39, 0.29) is 12.5 Å². The Kier molecular flexibility index (Phi) is 6.08. The first-order valence-corrected chi connectivity index (χ1v) is 9.97. The first-order chi connectivity index (χ1) is 15.1. The molecular formula is C25H22N2O4. The van der Waals surface area contributed by atoms with Gasteiger partial charge in [0.15, 0.2) is 6.10 Å². The minimum Gasteiger partial charge on any atom is -0.489 e. The number of nitrogens with zero attached hydrogens (tertiary/aromatic N) is 2. The van der Waals surface area contributed by atoms with Crippen LogP contribution < -0.4 is 4.74 Å². The number of benzene rings is 3. The molecule has 0 amide bonds. The molecule has 0 N–H and O–H groups in total. The number of carbonyl (C=O) groups excluding carboxylic acids is 1. The van der Waals surface area contributed by atoms with Crippen LogP contribution in [0.2, 0.25) is 0 Å². The quantitative estimate of drug-likeness (QED) is 0.370. The zero-order valence-electron chi connectivity index (χ0n) is 17.3. The summed E-state index contributed by atoms with van der Waals surface area (Å²) >= 11 is 0. The molecule has 0 aliphatic rings. The predicted octanol–water partition coefficient (Wildman–Crippen LogP) is 5.54. The summed E-state index contributed by atoms with van der Waals surface area (Å²) in [7, 11) is 0. The van der Waals surface area contributed by atoms with Gasteiger partial charge in [0.1, 0.15) is 12.4 Å². The van der Waals surface area contributed by atoms with Gasteiger partial charge in [-0.2, -0.15) is 0 Å². The standard InChI is InChI=1S/C25H22N2O4/c1-17-12-14-19(15-13-17)24-27-26-23(31-24)18(2)30-25(28)22-11-7-6-8-20(22)16-29-21-9-4-3-5-10-21/h3-15,18H,16H2,1-2H3/t18-/m1/s1. The second kappa shape index (κ2) is 9.26. The van der Waals surface area contributed by atoms with Gasteiger partial charge in [-0.3, -0.25) is 0 Å². The number of aryl methyl sites for hydroxylation is 1. The third-order valence-electron chi connectivity index (χ3n) is 4.75. The number of carbonyl (C=O) groups is 1. The minimum atomic E-state index is -0.692. The van der Waals surface area contributed by atoms with Crippen molar-refractivity contribution in [2.75, 3.05) is 0 Å². The van der Waals surface area contributed by atoms with E-state index in [9.17, 15) is 4.79 Å². The Balaban J connectivity index is 1.44. The van der Waals surface area contributed by atoms with Crippen LogP contribution in [0.25, 0.3) is 11.5 Å². The monoisotopic (exact) mass is 414 g/mol. The molecule has 0 aliphatic heterocycles. The zero-order valence-corrected chi connectivity index (χ0v) is 17.3. The molecule has 1 atom stereocenters. The fourth-order valence-electron chi connectivity index (χ4n) is 3.01. The van der Waals surface area contributed by atoms with Crippen LogP contribution in [0.3, 0.4) is 0 Å². The van der Waals surface area contributed by atoms with Gasteiger partial charge in [-0.25, -0.2) is 4.79 Å². The molecule has 156 valence electrons. The van der Waals surface area contributed by atoms with E-state index in [1.54, 1.807) is 19.1 Å². The van der Waals surface area contributed by atoms with Crippen molar-refractivity contribution in [1.29, 1.82) is 0 Å². The number of para-hydroxylation sites is 1. The highest BCUT2D eigenvalue weighted by molar-refractivity contribution is 5.91. The molecule has 0 saturated carbocycles. The summed E-state index contributed by atoms with van der Waals surface area (Å²) in [6.45, 7) is 3.96. The van der Waals surface area contributed by atoms with Gasteiger partial charge in [-0.1, -0.05) is 54.1 Å². The number of esters is 1. The second-order valence-corrected chi connectivity index (χ2v) is 7.12. The summed E-state index contributed by atoms with van der Waals surface area (Å²) in [6.07, 6.45) is -0.692. The lowest BCUT2D eigenvalue weighted by atomic mass is 10.1. The number of hydrogen-bond acceptors (Lipinski definition) is 6. The zero-order chi connectivity index (χ0) is 21.6. The fourth-order valence-corrected chi connectivity index (χ4v) is 3.01. The Hall–Kier alpha value is -3.93. The normalized spacial score (nSPS) is 11.7. The molecule has 1 heterocycles. The summed E-state index contributed by atoms with van der Waals surface area (Å²) in [5, 5.41) is 8.11. The van der Waals surface area contributed by atoms with Crippen LogP contribution in [0.1, 0.15) is 40.4 Å². The van der Waals surface area contributed by atoms with Crippen LogP contribution in [-0.2, 0) is 11.3 Å². The molecule has 0 aliphatic carbocycles. The Bertz CT molecular complexity index is 1150. The van der Waals surface area contributed by atoms with Gasteiger partial charge in [-0.05, 0) is 44.2 Å². The molecule has 4 aromatic rings. The lowest BCUT2D eigenvalue weighted by Gasteiger charge is -2.13. The van der Waals surface area contributed by atoms with Gasteiger partial charge < -0.3 is 13.9 Å². The minimum absolute atomic E-state index is 0.238. The molecule has 6 nitrogen and oxygen atoms in total. The Labute approximate surface area is 180 Å². The molecule has 0 fully saturated rings. The number of rotatable bonds is 7. The van der Waals surface area contributed by atoms with Crippen LogP contribution in [0.4, 0.5) is 0 Å². The van der Waals surface area contributed by atoms with Gasteiger partial charge >= 0.3 is 5.97 Å². The van der Waals surface area contributed by atoms with Crippen molar-refractivity contribution < 1.29 is 18.7 Å². The molecule has 0 saturated heterocycles. The number of hydrogen-bond donors (Lipinski definition) is 0. The van der Waals surface area contributed by atoms with E-state index in [1.807, 2.05) is 73.7 Å². The first-order valence-electron chi connectivity index (χ1n) is 9.97. The lowest BCUT2D eigenvalue weighted by Crippen LogP contribution is -2.12. The van der Waals surface area contributed by atoms with Gasteiger partial charge in [0.2, 0.25) is 5.89 Å².